The summed E-state index contributed by atoms with van der Waals surface area (Å²) in [4.78, 5) is 28.3. The smallest absolute Gasteiger partial charge is 0.266 e. The fourth-order valence-corrected chi connectivity index (χ4v) is 3.37. The SMILES string of the molecule is O=C(NCc1ccc(F)cc1)c1ccc2c(=O)n(-c3ccc(F)cc3)c(=S)[nH]c2c1. The van der Waals surface area contributed by atoms with E-state index in [0.29, 0.717) is 22.2 Å². The van der Waals surface area contributed by atoms with E-state index in [1.165, 1.54) is 53.1 Å². The van der Waals surface area contributed by atoms with E-state index < -0.39 is 5.82 Å². The summed E-state index contributed by atoms with van der Waals surface area (Å²) in [6.45, 7) is 0.235. The van der Waals surface area contributed by atoms with Gasteiger partial charge in [0.05, 0.1) is 16.6 Å². The highest BCUT2D eigenvalue weighted by Crippen LogP contribution is 2.14. The molecule has 1 heterocycles. The topological polar surface area (TPSA) is 66.9 Å². The molecule has 4 rings (SSSR count). The summed E-state index contributed by atoms with van der Waals surface area (Å²) in [5.74, 6) is -1.11. The summed E-state index contributed by atoms with van der Waals surface area (Å²) < 4.78 is 27.6. The summed E-state index contributed by atoms with van der Waals surface area (Å²) in [6.07, 6.45) is 0. The molecule has 0 spiro atoms. The Morgan fingerprint density at radius 3 is 2.27 bits per heavy atom. The van der Waals surface area contributed by atoms with Crippen LogP contribution < -0.4 is 10.9 Å². The summed E-state index contributed by atoms with van der Waals surface area (Å²) in [7, 11) is 0. The molecule has 0 aliphatic carbocycles. The number of nitrogens with one attached hydrogen (secondary N) is 2. The van der Waals surface area contributed by atoms with Crippen molar-refractivity contribution >= 4 is 29.0 Å². The lowest BCUT2D eigenvalue weighted by Crippen LogP contribution is -2.24. The maximum atomic E-state index is 13.2. The minimum atomic E-state index is -0.418. The zero-order chi connectivity index (χ0) is 21.3. The lowest BCUT2D eigenvalue weighted by molar-refractivity contribution is 0.0951. The summed E-state index contributed by atoms with van der Waals surface area (Å²) in [6, 6.07) is 15.9. The molecule has 0 radical (unpaired) electrons. The number of amides is 1. The third kappa shape index (κ3) is 3.90. The normalized spacial score (nSPS) is 10.9. The van der Waals surface area contributed by atoms with E-state index in [2.05, 4.69) is 10.3 Å². The lowest BCUT2D eigenvalue weighted by atomic mass is 10.1. The van der Waals surface area contributed by atoms with Gasteiger partial charge in [-0.2, -0.15) is 0 Å². The van der Waals surface area contributed by atoms with Gasteiger partial charge in [-0.05, 0) is 72.4 Å². The van der Waals surface area contributed by atoms with E-state index in [9.17, 15) is 18.4 Å². The second kappa shape index (κ2) is 8.00. The molecule has 4 aromatic rings. The molecule has 150 valence electrons. The van der Waals surface area contributed by atoms with Crippen LogP contribution in [0.25, 0.3) is 16.6 Å². The average molecular weight is 423 g/mol. The molecule has 0 unspecified atom stereocenters. The van der Waals surface area contributed by atoms with Crippen molar-refractivity contribution in [2.24, 2.45) is 0 Å². The fraction of sp³-hybridized carbons (Fsp3) is 0.0455. The standard InChI is InChI=1S/C22H15F2N3O2S/c23-15-4-1-13(2-5-15)12-25-20(28)14-3-10-18-19(11-14)26-22(30)27(21(18)29)17-8-6-16(24)7-9-17/h1-11H,12H2,(H,25,28)(H,26,30). The highest BCUT2D eigenvalue weighted by molar-refractivity contribution is 7.71. The van der Waals surface area contributed by atoms with Crippen molar-refractivity contribution in [2.45, 2.75) is 6.54 Å². The minimum absolute atomic E-state index is 0.128. The average Bonchev–Trinajstić information content (AvgIpc) is 2.74. The number of H-pyrrole nitrogens is 1. The summed E-state index contributed by atoms with van der Waals surface area (Å²) >= 11 is 5.30. The second-order valence-corrected chi connectivity index (χ2v) is 7.00. The second-order valence-electron chi connectivity index (χ2n) is 6.62. The van der Waals surface area contributed by atoms with Crippen molar-refractivity contribution in [1.82, 2.24) is 14.9 Å². The van der Waals surface area contributed by atoms with Gasteiger partial charge in [0.2, 0.25) is 0 Å². The van der Waals surface area contributed by atoms with Crippen molar-refractivity contribution in [3.8, 4) is 5.69 Å². The zero-order valence-electron chi connectivity index (χ0n) is 15.5. The van der Waals surface area contributed by atoms with Crippen LogP contribution in [0.2, 0.25) is 0 Å². The van der Waals surface area contributed by atoms with Gasteiger partial charge < -0.3 is 10.3 Å². The Morgan fingerprint density at radius 1 is 0.967 bits per heavy atom. The maximum Gasteiger partial charge on any atom is 0.266 e. The van der Waals surface area contributed by atoms with Crippen molar-refractivity contribution < 1.29 is 13.6 Å². The van der Waals surface area contributed by atoms with Gasteiger partial charge in [0, 0.05) is 12.1 Å². The van der Waals surface area contributed by atoms with Crippen LogP contribution in [0.15, 0.2) is 71.5 Å². The monoisotopic (exact) mass is 423 g/mol. The maximum absolute atomic E-state index is 13.2. The first-order chi connectivity index (χ1) is 14.4. The van der Waals surface area contributed by atoms with Crippen molar-refractivity contribution in [1.29, 1.82) is 0 Å². The van der Waals surface area contributed by atoms with Crippen LogP contribution in [0.5, 0.6) is 0 Å². The first-order valence-corrected chi connectivity index (χ1v) is 9.41. The van der Waals surface area contributed by atoms with Crippen LogP contribution in [0.3, 0.4) is 0 Å². The first-order valence-electron chi connectivity index (χ1n) is 9.00. The molecule has 30 heavy (non-hydrogen) atoms. The van der Waals surface area contributed by atoms with Crippen LogP contribution in [-0.4, -0.2) is 15.5 Å². The number of aromatic nitrogens is 2. The molecular weight excluding hydrogens is 408 g/mol. The zero-order valence-corrected chi connectivity index (χ0v) is 16.3. The van der Waals surface area contributed by atoms with Crippen LogP contribution in [0, 0.1) is 16.4 Å². The van der Waals surface area contributed by atoms with Gasteiger partial charge in [0.15, 0.2) is 4.77 Å². The molecule has 0 aliphatic rings. The number of halogens is 2. The number of hydrogen-bond acceptors (Lipinski definition) is 3. The van der Waals surface area contributed by atoms with Gasteiger partial charge in [0.1, 0.15) is 11.6 Å². The highest BCUT2D eigenvalue weighted by atomic mass is 32.1. The highest BCUT2D eigenvalue weighted by Gasteiger charge is 2.11. The van der Waals surface area contributed by atoms with E-state index in [4.69, 9.17) is 12.2 Å². The number of rotatable bonds is 4. The van der Waals surface area contributed by atoms with Gasteiger partial charge in [-0.1, -0.05) is 12.1 Å². The van der Waals surface area contributed by atoms with E-state index in [-0.39, 0.29) is 28.6 Å². The molecule has 0 saturated carbocycles. The third-order valence-electron chi connectivity index (χ3n) is 4.61. The van der Waals surface area contributed by atoms with Gasteiger partial charge in [-0.3, -0.25) is 14.2 Å². The van der Waals surface area contributed by atoms with Crippen molar-refractivity contribution in [2.75, 3.05) is 0 Å². The molecule has 1 amide bonds. The molecule has 5 nitrogen and oxygen atoms in total. The van der Waals surface area contributed by atoms with E-state index in [1.54, 1.807) is 18.2 Å². The summed E-state index contributed by atoms with van der Waals surface area (Å²) in [5, 5.41) is 3.09. The number of carbonyl (C=O) groups excluding carboxylic acids is 1. The quantitative estimate of drug-likeness (QED) is 0.482. The number of carbonyl (C=O) groups is 1. The molecule has 8 heteroatoms. The molecule has 0 saturated heterocycles. The van der Waals surface area contributed by atoms with Gasteiger partial charge in [-0.15, -0.1) is 0 Å². The number of hydrogen-bond donors (Lipinski definition) is 2. The predicted octanol–water partition coefficient (Wildman–Crippen LogP) is 4.26. The molecule has 0 atom stereocenters. The van der Waals surface area contributed by atoms with Crippen LogP contribution in [0.1, 0.15) is 15.9 Å². The van der Waals surface area contributed by atoms with E-state index in [0.717, 1.165) is 5.56 Å². The molecule has 0 fully saturated rings. The van der Waals surface area contributed by atoms with Crippen LogP contribution in [-0.2, 0) is 6.54 Å². The number of fused-ring (bicyclic) bond motifs is 1. The largest absolute Gasteiger partial charge is 0.348 e. The molecule has 0 aliphatic heterocycles. The van der Waals surface area contributed by atoms with E-state index >= 15 is 0 Å². The molecule has 0 bridgehead atoms. The van der Waals surface area contributed by atoms with Gasteiger partial charge in [-0.25, -0.2) is 8.78 Å². The predicted molar refractivity (Wildman–Crippen MR) is 112 cm³/mol. The fourth-order valence-electron chi connectivity index (χ4n) is 3.07. The lowest BCUT2D eigenvalue weighted by Gasteiger charge is -2.10. The Balaban J connectivity index is 1.64. The van der Waals surface area contributed by atoms with Crippen LogP contribution in [0.4, 0.5) is 8.78 Å². The van der Waals surface area contributed by atoms with Crippen molar-refractivity contribution in [3.05, 3.63) is 105 Å². The van der Waals surface area contributed by atoms with E-state index in [1.807, 2.05) is 0 Å². The third-order valence-corrected chi connectivity index (χ3v) is 4.90. The Hall–Kier alpha value is -3.65. The molecule has 1 aromatic heterocycles. The first kappa shape index (κ1) is 19.7. The number of benzene rings is 3. The molecule has 2 N–H and O–H groups in total. The Labute approximate surface area is 174 Å². The minimum Gasteiger partial charge on any atom is -0.348 e. The van der Waals surface area contributed by atoms with Gasteiger partial charge >= 0.3 is 0 Å². The van der Waals surface area contributed by atoms with Crippen molar-refractivity contribution in [3.63, 3.8) is 0 Å². The number of aromatic amines is 1. The van der Waals surface area contributed by atoms with Crippen LogP contribution >= 0.6 is 12.2 Å². The number of nitrogens with zero attached hydrogens (tertiary/aromatic N) is 1. The van der Waals surface area contributed by atoms with Gasteiger partial charge in [0.25, 0.3) is 11.5 Å². The Morgan fingerprint density at radius 2 is 1.60 bits per heavy atom. The Kier molecular flexibility index (Phi) is 5.24. The summed E-state index contributed by atoms with van der Waals surface area (Å²) in [5.41, 5.74) is 1.57. The molecule has 3 aromatic carbocycles. The Bertz CT molecular complexity index is 1360. The molecular formula is C22H15F2N3O2S.